The van der Waals surface area contributed by atoms with Crippen molar-refractivity contribution in [3.05, 3.63) is 133 Å². The summed E-state index contributed by atoms with van der Waals surface area (Å²) in [6, 6.07) is 36.0. The Kier molecular flexibility index (Phi) is 9.88. The van der Waals surface area contributed by atoms with Gasteiger partial charge in [-0.05, 0) is 23.7 Å². The summed E-state index contributed by atoms with van der Waals surface area (Å²) >= 11 is -1.99. The SMILES string of the molecule is [2H]C(C)(C)c1ccnc(-c2[c-]ccc3c2oc2ncc(F)cc23)c1.[CH3][Ge]([CH3])([CH3])[c]1cnc(-c2[c-]cccc2)cc1-c1ccccc1.[Ir]. The smallest absolute Gasteiger partial charge is 0 e. The molecule has 0 saturated heterocycles. The van der Waals surface area contributed by atoms with Crippen LogP contribution in [0.15, 0.2) is 114 Å². The van der Waals surface area contributed by atoms with Crippen LogP contribution in [0, 0.1) is 17.9 Å². The van der Waals surface area contributed by atoms with Crippen molar-refractivity contribution in [3.8, 4) is 33.6 Å². The fourth-order valence-electron chi connectivity index (χ4n) is 5.28. The van der Waals surface area contributed by atoms with Gasteiger partial charge in [0.15, 0.2) is 0 Å². The average Bonchev–Trinajstić information content (AvgIpc) is 3.43. The van der Waals surface area contributed by atoms with Crippen molar-refractivity contribution in [1.82, 2.24) is 15.0 Å². The third-order valence-electron chi connectivity index (χ3n) is 7.63. The molecule has 0 aliphatic carbocycles. The standard InChI is InChI=1S/C20H20GeN.C19H14FN2O.Ir/c1-21(2,3)19-15-22-20(17-12-8-5-9-13-17)14-18(19)16-10-6-4-7-11-16;1-11(2)12-6-7-21-17(8-12)15-5-3-4-14-16-9-13(20)10-22-19(16)23-18(14)15;/h4-12,14-15H,1-3H3;3-4,6-11H,1-2H3;/q2*-1;/i;11D;. The molecule has 7 rings (SSSR count). The van der Waals surface area contributed by atoms with Gasteiger partial charge in [0.1, 0.15) is 5.82 Å². The monoisotopic (exact) mass is 847 g/mol. The van der Waals surface area contributed by atoms with E-state index >= 15 is 0 Å². The van der Waals surface area contributed by atoms with E-state index in [0.29, 0.717) is 27.9 Å². The molecular formula is C39H34FGeIrN3O-2. The average molecular weight is 846 g/mol. The maximum absolute atomic E-state index is 13.5. The molecule has 0 amide bonds. The molecule has 0 N–H and O–H groups in total. The van der Waals surface area contributed by atoms with Crippen LogP contribution in [-0.2, 0) is 20.1 Å². The number of nitrogens with zero attached hydrogens (tertiary/aromatic N) is 3. The fraction of sp³-hybridized carbons (Fsp3) is 0.154. The second kappa shape index (κ2) is 14.2. The van der Waals surface area contributed by atoms with Gasteiger partial charge in [-0.15, -0.1) is 18.2 Å². The number of halogens is 1. The van der Waals surface area contributed by atoms with E-state index in [1.165, 1.54) is 21.6 Å². The molecule has 7 aromatic rings. The quantitative estimate of drug-likeness (QED) is 0.128. The molecule has 46 heavy (non-hydrogen) atoms. The molecule has 0 atom stereocenters. The molecule has 7 heteroatoms. The van der Waals surface area contributed by atoms with Crippen molar-refractivity contribution >= 4 is 39.7 Å². The van der Waals surface area contributed by atoms with Crippen LogP contribution in [-0.4, -0.2) is 28.2 Å². The minimum absolute atomic E-state index is 0. The van der Waals surface area contributed by atoms with Crippen LogP contribution in [0.2, 0.25) is 17.3 Å². The zero-order chi connectivity index (χ0) is 32.5. The minimum atomic E-state index is -1.99. The maximum atomic E-state index is 13.5. The first-order chi connectivity index (χ1) is 22.0. The number of hydrogen-bond acceptors (Lipinski definition) is 4. The summed E-state index contributed by atoms with van der Waals surface area (Å²) in [5.74, 6) is 6.10. The molecule has 0 spiro atoms. The Morgan fingerprint density at radius 1 is 0.804 bits per heavy atom. The van der Waals surface area contributed by atoms with Gasteiger partial charge in [0.2, 0.25) is 5.71 Å². The number of furan rings is 1. The molecule has 4 heterocycles. The third-order valence-corrected chi connectivity index (χ3v) is 11.9. The molecule has 1 radical (unpaired) electrons. The van der Waals surface area contributed by atoms with Crippen LogP contribution < -0.4 is 4.40 Å². The van der Waals surface area contributed by atoms with Gasteiger partial charge in [-0.2, -0.15) is 0 Å². The van der Waals surface area contributed by atoms with Gasteiger partial charge in [-0.1, -0.05) is 36.4 Å². The van der Waals surface area contributed by atoms with Crippen molar-refractivity contribution in [3.63, 3.8) is 0 Å². The molecule has 4 nitrogen and oxygen atoms in total. The zero-order valence-corrected chi connectivity index (χ0v) is 30.8. The van der Waals surface area contributed by atoms with E-state index in [-0.39, 0.29) is 20.1 Å². The largest absolute Gasteiger partial charge is 0 e. The van der Waals surface area contributed by atoms with Crippen molar-refractivity contribution in [2.24, 2.45) is 0 Å². The van der Waals surface area contributed by atoms with Crippen molar-refractivity contribution in [2.45, 2.75) is 37.0 Å². The Morgan fingerprint density at radius 2 is 1.59 bits per heavy atom. The second-order valence-electron chi connectivity index (χ2n) is 12.1. The van der Waals surface area contributed by atoms with Crippen LogP contribution in [0.3, 0.4) is 0 Å². The predicted molar refractivity (Wildman–Crippen MR) is 185 cm³/mol. The Morgan fingerprint density at radius 3 is 2.30 bits per heavy atom. The summed E-state index contributed by atoms with van der Waals surface area (Å²) < 4.78 is 29.0. The molecule has 4 aromatic heterocycles. The van der Waals surface area contributed by atoms with Crippen molar-refractivity contribution in [2.75, 3.05) is 0 Å². The van der Waals surface area contributed by atoms with Gasteiger partial charge in [-0.3, -0.25) is 0 Å². The molecule has 0 aliphatic heterocycles. The van der Waals surface area contributed by atoms with Crippen molar-refractivity contribution < 1.29 is 30.3 Å². The molecule has 0 saturated carbocycles. The topological polar surface area (TPSA) is 51.8 Å². The summed E-state index contributed by atoms with van der Waals surface area (Å²) in [5.41, 5.74) is 7.78. The number of aromatic nitrogens is 3. The van der Waals surface area contributed by atoms with Gasteiger partial charge in [0.05, 0.1) is 11.8 Å². The van der Waals surface area contributed by atoms with E-state index in [1.807, 2.05) is 50.2 Å². The van der Waals surface area contributed by atoms with E-state index in [9.17, 15) is 4.39 Å². The van der Waals surface area contributed by atoms with Gasteiger partial charge in [-0.25, -0.2) is 9.37 Å². The summed E-state index contributed by atoms with van der Waals surface area (Å²) in [6.45, 7) is 3.65. The van der Waals surface area contributed by atoms with Gasteiger partial charge in [0, 0.05) is 33.1 Å². The Labute approximate surface area is 287 Å². The van der Waals surface area contributed by atoms with Gasteiger partial charge in [0.25, 0.3) is 0 Å². The summed E-state index contributed by atoms with van der Waals surface area (Å²) in [4.78, 5) is 13.1. The molecular weight excluding hydrogens is 810 g/mol. The molecule has 0 aliphatic rings. The molecule has 0 bridgehead atoms. The second-order valence-corrected chi connectivity index (χ2v) is 22.7. The molecule has 3 aromatic carbocycles. The van der Waals surface area contributed by atoms with Gasteiger partial charge >= 0.3 is 135 Å². The molecule has 0 unspecified atom stereocenters. The minimum Gasteiger partial charge on any atom is 0 e. The van der Waals surface area contributed by atoms with Gasteiger partial charge < -0.3 is 9.40 Å². The predicted octanol–water partition coefficient (Wildman–Crippen LogP) is 9.86. The number of pyridine rings is 3. The number of hydrogen-bond donors (Lipinski definition) is 0. The summed E-state index contributed by atoms with van der Waals surface area (Å²) in [5, 5.41) is 1.39. The fourth-order valence-corrected chi connectivity index (χ4v) is 8.38. The Bertz CT molecular complexity index is 2140. The van der Waals surface area contributed by atoms with E-state index in [4.69, 9.17) is 10.8 Å². The van der Waals surface area contributed by atoms with E-state index in [1.54, 1.807) is 12.3 Å². The first-order valence-corrected chi connectivity index (χ1v) is 22.2. The van der Waals surface area contributed by atoms with E-state index in [0.717, 1.165) is 28.4 Å². The van der Waals surface area contributed by atoms with E-state index < -0.39 is 25.0 Å². The first-order valence-electron chi connectivity index (χ1n) is 15.4. The summed E-state index contributed by atoms with van der Waals surface area (Å²) in [6.07, 6.45) is 4.91. The maximum Gasteiger partial charge on any atom is 0 e. The zero-order valence-electron chi connectivity index (χ0n) is 27.4. The van der Waals surface area contributed by atoms with Crippen molar-refractivity contribution in [1.29, 1.82) is 0 Å². The van der Waals surface area contributed by atoms with Crippen LogP contribution in [0.4, 0.5) is 4.39 Å². The first kappa shape index (κ1) is 32.0. The summed E-state index contributed by atoms with van der Waals surface area (Å²) in [7, 11) is 0. The third kappa shape index (κ3) is 7.20. The Hall–Kier alpha value is -3.97. The van der Waals surface area contributed by atoms with Crippen LogP contribution in [0.25, 0.3) is 55.7 Å². The van der Waals surface area contributed by atoms with E-state index in [2.05, 4.69) is 88.0 Å². The van der Waals surface area contributed by atoms with Crippen LogP contribution >= 0.6 is 0 Å². The number of fused-ring (bicyclic) bond motifs is 3. The van der Waals surface area contributed by atoms with Crippen LogP contribution in [0.5, 0.6) is 0 Å². The molecule has 0 fully saturated rings. The Balaban J connectivity index is 0.000000181. The number of rotatable bonds is 5. The number of benzene rings is 3. The molecule has 233 valence electrons. The normalized spacial score (nSPS) is 11.8. The van der Waals surface area contributed by atoms with Crippen LogP contribution in [0.1, 0.15) is 26.7 Å².